The van der Waals surface area contributed by atoms with Gasteiger partial charge in [0, 0.05) is 12.5 Å². The van der Waals surface area contributed by atoms with Crippen LogP contribution in [0.25, 0.3) is 0 Å². The number of amides is 1. The zero-order chi connectivity index (χ0) is 23.7. The number of fused-ring (bicyclic) bond motifs is 1. The van der Waals surface area contributed by atoms with Gasteiger partial charge in [0.25, 0.3) is 5.91 Å². The Balaban J connectivity index is 1.71. The second-order valence-electron chi connectivity index (χ2n) is 11.7. The number of nitrogens with one attached hydrogen (secondary N) is 1. The van der Waals surface area contributed by atoms with Crippen LogP contribution in [0.1, 0.15) is 119 Å². The predicted octanol–water partition coefficient (Wildman–Crippen LogP) is 7.47. The van der Waals surface area contributed by atoms with Crippen molar-refractivity contribution in [2.75, 3.05) is 0 Å². The maximum absolute atomic E-state index is 12.6. The van der Waals surface area contributed by atoms with Gasteiger partial charge in [0.2, 0.25) is 0 Å². The summed E-state index contributed by atoms with van der Waals surface area (Å²) in [4.78, 5) is 12.6. The van der Waals surface area contributed by atoms with Crippen LogP contribution in [0, 0.1) is 12.8 Å². The summed E-state index contributed by atoms with van der Waals surface area (Å²) in [7, 11) is 0. The zero-order valence-corrected chi connectivity index (χ0v) is 21.5. The van der Waals surface area contributed by atoms with Crippen molar-refractivity contribution < 1.29 is 9.21 Å². The van der Waals surface area contributed by atoms with Crippen LogP contribution in [-0.4, -0.2) is 11.9 Å². The van der Waals surface area contributed by atoms with E-state index in [2.05, 4.69) is 72.8 Å². The van der Waals surface area contributed by atoms with E-state index in [4.69, 9.17) is 4.42 Å². The first kappa shape index (κ1) is 24.6. The molecular weight excluding hydrogens is 394 g/mol. The number of carbonyl (C=O) groups excluding carboxylic acids is 1. The highest BCUT2D eigenvalue weighted by Crippen LogP contribution is 2.46. The first-order chi connectivity index (χ1) is 14.9. The molecule has 0 bridgehead atoms. The van der Waals surface area contributed by atoms with Crippen LogP contribution in [0.4, 0.5) is 0 Å². The summed E-state index contributed by atoms with van der Waals surface area (Å²) in [6, 6.07) is 8.70. The number of hydrogen-bond donors (Lipinski definition) is 1. The van der Waals surface area contributed by atoms with Gasteiger partial charge in [0.1, 0.15) is 5.76 Å². The van der Waals surface area contributed by atoms with Crippen molar-refractivity contribution >= 4 is 5.91 Å². The third-order valence-electron chi connectivity index (χ3n) is 7.36. The van der Waals surface area contributed by atoms with Gasteiger partial charge in [0.05, 0.1) is 0 Å². The second kappa shape index (κ2) is 9.45. The molecule has 0 spiro atoms. The minimum absolute atomic E-state index is 0.113. The largest absolute Gasteiger partial charge is 0.456 e. The molecule has 176 valence electrons. The van der Waals surface area contributed by atoms with Crippen LogP contribution in [0.5, 0.6) is 0 Å². The fourth-order valence-corrected chi connectivity index (χ4v) is 4.94. The van der Waals surface area contributed by atoms with Gasteiger partial charge in [-0.15, -0.1) is 0 Å². The molecule has 1 atom stereocenters. The minimum atomic E-state index is -0.113. The van der Waals surface area contributed by atoms with Crippen molar-refractivity contribution in [1.82, 2.24) is 5.32 Å². The summed E-state index contributed by atoms with van der Waals surface area (Å²) >= 11 is 0. The van der Waals surface area contributed by atoms with Gasteiger partial charge in [-0.3, -0.25) is 4.79 Å². The van der Waals surface area contributed by atoms with Crippen molar-refractivity contribution in [3.8, 4) is 0 Å². The van der Waals surface area contributed by atoms with Crippen LogP contribution in [0.3, 0.4) is 0 Å². The summed E-state index contributed by atoms with van der Waals surface area (Å²) in [5, 5.41) is 3.09. The molecule has 1 aliphatic carbocycles. The lowest BCUT2D eigenvalue weighted by molar-refractivity contribution is 0.0908. The molecule has 1 N–H and O–H groups in total. The molecule has 0 saturated heterocycles. The highest BCUT2D eigenvalue weighted by molar-refractivity contribution is 5.91. The molecule has 3 rings (SSSR count). The van der Waals surface area contributed by atoms with Crippen molar-refractivity contribution in [2.24, 2.45) is 5.92 Å². The molecule has 1 unspecified atom stereocenters. The van der Waals surface area contributed by atoms with E-state index in [0.717, 1.165) is 18.6 Å². The molecule has 0 radical (unpaired) electrons. The van der Waals surface area contributed by atoms with Crippen LogP contribution < -0.4 is 5.32 Å². The smallest absolute Gasteiger partial charge is 0.287 e. The maximum atomic E-state index is 12.6. The Morgan fingerprint density at radius 2 is 1.62 bits per heavy atom. The topological polar surface area (TPSA) is 42.2 Å². The van der Waals surface area contributed by atoms with Gasteiger partial charge in [-0.05, 0) is 84.2 Å². The van der Waals surface area contributed by atoms with Gasteiger partial charge < -0.3 is 9.73 Å². The maximum Gasteiger partial charge on any atom is 0.287 e. The first-order valence-corrected chi connectivity index (χ1v) is 12.4. The molecule has 2 aromatic rings. The van der Waals surface area contributed by atoms with Gasteiger partial charge in [0.15, 0.2) is 5.76 Å². The number of aryl methyl sites for hydroxylation is 1. The Hall–Kier alpha value is -2.03. The van der Waals surface area contributed by atoms with Crippen LogP contribution in [0.2, 0.25) is 0 Å². The number of carbonyl (C=O) groups is 1. The number of furan rings is 1. The van der Waals surface area contributed by atoms with Gasteiger partial charge in [-0.25, -0.2) is 0 Å². The third-order valence-corrected chi connectivity index (χ3v) is 7.36. The molecule has 1 aliphatic rings. The summed E-state index contributed by atoms with van der Waals surface area (Å²) < 4.78 is 5.97. The van der Waals surface area contributed by atoms with Crippen LogP contribution in [-0.2, 0) is 17.3 Å². The molecule has 1 aromatic heterocycles. The van der Waals surface area contributed by atoms with E-state index in [1.807, 2.05) is 12.1 Å². The normalized spacial score (nSPS) is 17.8. The highest BCUT2D eigenvalue weighted by Gasteiger charge is 2.37. The third kappa shape index (κ3) is 5.66. The molecule has 1 heterocycles. The number of rotatable bonds is 8. The van der Waals surface area contributed by atoms with Gasteiger partial charge >= 0.3 is 0 Å². The number of benzene rings is 1. The molecule has 1 amide bonds. The average Bonchev–Trinajstić information content (AvgIpc) is 3.15. The second-order valence-corrected chi connectivity index (χ2v) is 11.7. The molecule has 0 fully saturated rings. The Bertz CT molecular complexity index is 948. The minimum Gasteiger partial charge on any atom is -0.456 e. The van der Waals surface area contributed by atoms with Crippen LogP contribution in [0.15, 0.2) is 28.7 Å². The van der Waals surface area contributed by atoms with E-state index in [-0.39, 0.29) is 22.8 Å². The molecule has 0 aliphatic heterocycles. The quantitative estimate of drug-likeness (QED) is 0.465. The fraction of sp³-hybridized carbons (Fsp3) is 0.621. The summed E-state index contributed by atoms with van der Waals surface area (Å²) in [5.41, 5.74) is 5.95. The summed E-state index contributed by atoms with van der Waals surface area (Å²) in [5.74, 6) is 1.85. The lowest BCUT2D eigenvalue weighted by atomic mass is 9.62. The molecule has 3 nitrogen and oxygen atoms in total. The van der Waals surface area contributed by atoms with Crippen molar-refractivity contribution in [3.05, 3.63) is 58.0 Å². The van der Waals surface area contributed by atoms with Gasteiger partial charge in [-0.1, -0.05) is 66.5 Å². The lowest BCUT2D eigenvalue weighted by Gasteiger charge is -2.42. The standard InChI is InChI=1S/C29H43NO2/c1-19(2)10-9-11-21(4)30-27(31)26-13-12-23(32-26)17-22-18-25-24(16-20(22)3)28(5,6)14-15-29(25,7)8/h12-13,16,18-19,21H,9-11,14-15,17H2,1-8H3,(H,30,31). The lowest BCUT2D eigenvalue weighted by Crippen LogP contribution is -2.34. The fourth-order valence-electron chi connectivity index (χ4n) is 4.94. The summed E-state index contributed by atoms with van der Waals surface area (Å²) in [6.45, 7) is 18.2. The highest BCUT2D eigenvalue weighted by atomic mass is 16.3. The van der Waals surface area contributed by atoms with Gasteiger partial charge in [-0.2, -0.15) is 0 Å². The van der Waals surface area contributed by atoms with E-state index in [0.29, 0.717) is 18.1 Å². The molecule has 1 aromatic carbocycles. The number of hydrogen-bond acceptors (Lipinski definition) is 2. The SMILES string of the molecule is Cc1cc2c(cc1Cc1ccc(C(=O)NC(C)CCCC(C)C)o1)C(C)(C)CCC2(C)C. The van der Waals surface area contributed by atoms with E-state index < -0.39 is 0 Å². The van der Waals surface area contributed by atoms with Crippen LogP contribution >= 0.6 is 0 Å². The van der Waals surface area contributed by atoms with Crippen molar-refractivity contribution in [2.45, 2.75) is 111 Å². The molecule has 0 saturated carbocycles. The zero-order valence-electron chi connectivity index (χ0n) is 21.5. The predicted molar refractivity (Wildman–Crippen MR) is 134 cm³/mol. The average molecular weight is 438 g/mol. The summed E-state index contributed by atoms with van der Waals surface area (Å²) in [6.07, 6.45) is 6.46. The van der Waals surface area contributed by atoms with E-state index >= 15 is 0 Å². The first-order valence-electron chi connectivity index (χ1n) is 12.4. The molecular formula is C29H43NO2. The van der Waals surface area contributed by atoms with E-state index in [1.54, 1.807) is 0 Å². The Kier molecular flexibility index (Phi) is 7.27. The van der Waals surface area contributed by atoms with Crippen molar-refractivity contribution in [1.29, 1.82) is 0 Å². The molecule has 32 heavy (non-hydrogen) atoms. The van der Waals surface area contributed by atoms with E-state index in [1.165, 1.54) is 41.5 Å². The van der Waals surface area contributed by atoms with E-state index in [9.17, 15) is 4.79 Å². The monoisotopic (exact) mass is 437 g/mol. The Morgan fingerprint density at radius 1 is 1.00 bits per heavy atom. The Morgan fingerprint density at radius 3 is 2.25 bits per heavy atom. The van der Waals surface area contributed by atoms with Crippen molar-refractivity contribution in [3.63, 3.8) is 0 Å². The molecule has 3 heteroatoms. The Labute approximate surface area is 195 Å².